The third-order valence-corrected chi connectivity index (χ3v) is 4.60. The Labute approximate surface area is 142 Å². The number of benzene rings is 1. The fourth-order valence-corrected chi connectivity index (χ4v) is 3.17. The number of nitrogens with zero attached hydrogens (tertiary/aromatic N) is 1. The van der Waals surface area contributed by atoms with E-state index in [9.17, 15) is 13.6 Å². The number of hydrogen-bond acceptors (Lipinski definition) is 4. The van der Waals surface area contributed by atoms with Crippen LogP contribution in [0.15, 0.2) is 24.3 Å². The van der Waals surface area contributed by atoms with Crippen LogP contribution in [0.1, 0.15) is 29.2 Å². The van der Waals surface area contributed by atoms with Crippen LogP contribution in [0, 0.1) is 5.92 Å². The second-order valence-electron chi connectivity index (χ2n) is 6.22. The number of rotatable bonds is 5. The molecule has 2 atom stereocenters. The Balaban J connectivity index is 1.38. The van der Waals surface area contributed by atoms with Crippen LogP contribution >= 0.6 is 0 Å². The lowest BCUT2D eigenvalue weighted by molar-refractivity contribution is -0.117. The van der Waals surface area contributed by atoms with Crippen molar-refractivity contribution in [3.05, 3.63) is 41.1 Å². The molecule has 2 aliphatic rings. The van der Waals surface area contributed by atoms with Gasteiger partial charge in [-0.25, -0.2) is 0 Å². The number of aromatic nitrogens is 2. The van der Waals surface area contributed by atoms with Crippen LogP contribution in [-0.2, 0) is 22.6 Å². The lowest BCUT2D eigenvalue weighted by atomic mass is 10.1. The van der Waals surface area contributed by atoms with Gasteiger partial charge < -0.3 is 14.8 Å². The molecule has 1 aliphatic carbocycles. The summed E-state index contributed by atoms with van der Waals surface area (Å²) in [4.78, 5) is 12.4. The molecular weight excluding hydrogens is 332 g/mol. The van der Waals surface area contributed by atoms with Crippen LogP contribution in [-0.4, -0.2) is 29.3 Å². The highest BCUT2D eigenvalue weighted by molar-refractivity contribution is 5.95. The Hall–Kier alpha value is -2.48. The molecule has 1 aromatic heterocycles. The molecule has 4 rings (SSSR count). The number of aromatic amines is 1. The molecule has 2 N–H and O–H groups in total. The smallest absolute Gasteiger partial charge is 0.387 e. The zero-order valence-electron chi connectivity index (χ0n) is 13.3. The van der Waals surface area contributed by atoms with Crippen LogP contribution in [0.3, 0.4) is 0 Å². The second kappa shape index (κ2) is 6.44. The first kappa shape index (κ1) is 16.0. The summed E-state index contributed by atoms with van der Waals surface area (Å²) in [5, 5.41) is 9.96. The highest BCUT2D eigenvalue weighted by atomic mass is 19.3. The average molecular weight is 349 g/mol. The van der Waals surface area contributed by atoms with Gasteiger partial charge in [0.2, 0.25) is 5.91 Å². The summed E-state index contributed by atoms with van der Waals surface area (Å²) in [5.41, 5.74) is 2.85. The zero-order valence-corrected chi connectivity index (χ0v) is 13.3. The minimum atomic E-state index is -2.84. The third kappa shape index (κ3) is 3.34. The molecule has 25 heavy (non-hydrogen) atoms. The monoisotopic (exact) mass is 349 g/mol. The number of ether oxygens (including phenoxy) is 2. The predicted molar refractivity (Wildman–Crippen MR) is 84.5 cm³/mol. The van der Waals surface area contributed by atoms with Gasteiger partial charge >= 0.3 is 6.61 Å². The Kier molecular flexibility index (Phi) is 4.12. The van der Waals surface area contributed by atoms with Gasteiger partial charge in [0, 0.05) is 23.6 Å². The molecule has 1 amide bonds. The molecule has 2 aromatic rings. The number of H-pyrrole nitrogens is 1. The Morgan fingerprint density at radius 2 is 2.16 bits per heavy atom. The van der Waals surface area contributed by atoms with E-state index < -0.39 is 6.61 Å². The normalized spacial score (nSPS) is 21.7. The lowest BCUT2D eigenvalue weighted by Crippen LogP contribution is -2.17. The summed E-state index contributed by atoms with van der Waals surface area (Å²) < 4.78 is 34.1. The molecule has 6 nitrogen and oxygen atoms in total. The summed E-state index contributed by atoms with van der Waals surface area (Å²) in [5.74, 6) is 0.512. The van der Waals surface area contributed by atoms with E-state index >= 15 is 0 Å². The fraction of sp³-hybridized carbons (Fsp3) is 0.412. The maximum absolute atomic E-state index is 12.4. The number of carbonyl (C=O) groups is 1. The first-order chi connectivity index (χ1) is 12.1. The van der Waals surface area contributed by atoms with Gasteiger partial charge in [-0.2, -0.15) is 13.9 Å². The molecule has 0 radical (unpaired) electrons. The average Bonchev–Trinajstić information content (AvgIpc) is 3.31. The molecule has 1 aliphatic heterocycles. The lowest BCUT2D eigenvalue weighted by Gasteiger charge is -2.12. The summed E-state index contributed by atoms with van der Waals surface area (Å²) in [6.45, 7) is -1.74. The largest absolute Gasteiger partial charge is 0.435 e. The van der Waals surface area contributed by atoms with Crippen molar-refractivity contribution in [1.29, 1.82) is 0 Å². The van der Waals surface area contributed by atoms with E-state index in [4.69, 9.17) is 4.74 Å². The standard InChI is InChI=1S/C17H17F2N3O3/c18-17(19)25-10-3-1-9(2-4-10)11-7-12(11)16(23)20-15-13-8-24-6-5-14(13)21-22-15/h1-4,11-12,17H,5-8H2,(H2,20,21,22,23)/t11-,12+/m0/s1. The van der Waals surface area contributed by atoms with Crippen molar-refractivity contribution in [3.8, 4) is 5.75 Å². The number of halogens is 2. The second-order valence-corrected chi connectivity index (χ2v) is 6.22. The molecule has 1 saturated carbocycles. The number of fused-ring (bicyclic) bond motifs is 1. The molecule has 1 aromatic carbocycles. The summed E-state index contributed by atoms with van der Waals surface area (Å²) >= 11 is 0. The number of nitrogens with one attached hydrogen (secondary N) is 2. The minimum absolute atomic E-state index is 0.0854. The molecule has 8 heteroatoms. The number of hydrogen-bond donors (Lipinski definition) is 2. The van der Waals surface area contributed by atoms with Crippen molar-refractivity contribution >= 4 is 11.7 Å². The van der Waals surface area contributed by atoms with Gasteiger partial charge in [0.05, 0.1) is 13.2 Å². The zero-order chi connectivity index (χ0) is 17.4. The fourth-order valence-electron chi connectivity index (χ4n) is 3.17. The summed E-state index contributed by atoms with van der Waals surface area (Å²) in [7, 11) is 0. The molecule has 1 fully saturated rings. The van der Waals surface area contributed by atoms with E-state index in [-0.39, 0.29) is 23.5 Å². The maximum Gasteiger partial charge on any atom is 0.387 e. The molecule has 0 saturated heterocycles. The number of amides is 1. The van der Waals surface area contributed by atoms with Gasteiger partial charge in [-0.15, -0.1) is 0 Å². The molecule has 132 valence electrons. The third-order valence-electron chi connectivity index (χ3n) is 4.60. The van der Waals surface area contributed by atoms with Crippen molar-refractivity contribution in [2.24, 2.45) is 5.92 Å². The molecule has 0 bridgehead atoms. The molecule has 2 heterocycles. The topological polar surface area (TPSA) is 76.2 Å². The van der Waals surface area contributed by atoms with Gasteiger partial charge in [0.25, 0.3) is 0 Å². The Morgan fingerprint density at radius 1 is 1.36 bits per heavy atom. The van der Waals surface area contributed by atoms with Gasteiger partial charge in [0.15, 0.2) is 5.82 Å². The molecular formula is C17H17F2N3O3. The van der Waals surface area contributed by atoms with Gasteiger partial charge in [-0.1, -0.05) is 12.1 Å². The number of anilines is 1. The van der Waals surface area contributed by atoms with Crippen molar-refractivity contribution in [1.82, 2.24) is 10.2 Å². The number of alkyl halides is 2. The van der Waals surface area contributed by atoms with Crippen molar-refractivity contribution in [3.63, 3.8) is 0 Å². The first-order valence-electron chi connectivity index (χ1n) is 8.11. The van der Waals surface area contributed by atoms with Gasteiger partial charge in [0.1, 0.15) is 5.75 Å². The van der Waals surface area contributed by atoms with Crippen molar-refractivity contribution in [2.75, 3.05) is 11.9 Å². The summed E-state index contributed by atoms with van der Waals surface area (Å²) in [6.07, 6.45) is 1.49. The van der Waals surface area contributed by atoms with Crippen LogP contribution in [0.2, 0.25) is 0 Å². The molecule has 0 spiro atoms. The van der Waals surface area contributed by atoms with E-state index in [1.807, 2.05) is 0 Å². The van der Waals surface area contributed by atoms with E-state index in [2.05, 4.69) is 20.3 Å². The van der Waals surface area contributed by atoms with Crippen LogP contribution in [0.5, 0.6) is 5.75 Å². The quantitative estimate of drug-likeness (QED) is 0.870. The van der Waals surface area contributed by atoms with E-state index in [0.29, 0.717) is 19.0 Å². The van der Waals surface area contributed by atoms with E-state index in [1.54, 1.807) is 12.1 Å². The highest BCUT2D eigenvalue weighted by Gasteiger charge is 2.44. The SMILES string of the molecule is O=C(Nc1n[nH]c2c1COCC2)[C@@H]1C[C@H]1c1ccc(OC(F)F)cc1. The van der Waals surface area contributed by atoms with Crippen molar-refractivity contribution < 1.29 is 23.0 Å². The minimum Gasteiger partial charge on any atom is -0.435 e. The van der Waals surface area contributed by atoms with Crippen molar-refractivity contribution in [2.45, 2.75) is 32.0 Å². The first-order valence-corrected chi connectivity index (χ1v) is 8.11. The summed E-state index contributed by atoms with van der Waals surface area (Å²) in [6, 6.07) is 6.44. The number of carbonyl (C=O) groups excluding carboxylic acids is 1. The van der Waals surface area contributed by atoms with Crippen LogP contribution in [0.25, 0.3) is 0 Å². The highest BCUT2D eigenvalue weighted by Crippen LogP contribution is 2.48. The van der Waals surface area contributed by atoms with Gasteiger partial charge in [-0.3, -0.25) is 9.89 Å². The molecule has 0 unspecified atom stereocenters. The predicted octanol–water partition coefficient (Wildman–Crippen LogP) is 2.83. The Bertz CT molecular complexity index is 776. The maximum atomic E-state index is 12.4. The van der Waals surface area contributed by atoms with Crippen LogP contribution < -0.4 is 10.1 Å². The van der Waals surface area contributed by atoms with E-state index in [1.165, 1.54) is 12.1 Å². The van der Waals surface area contributed by atoms with Gasteiger partial charge in [-0.05, 0) is 30.0 Å². The van der Waals surface area contributed by atoms with Crippen LogP contribution in [0.4, 0.5) is 14.6 Å². The Morgan fingerprint density at radius 3 is 2.92 bits per heavy atom. The van der Waals surface area contributed by atoms with E-state index in [0.717, 1.165) is 29.7 Å².